The van der Waals surface area contributed by atoms with Crippen LogP contribution in [0.1, 0.15) is 189 Å². The van der Waals surface area contributed by atoms with Crippen molar-refractivity contribution < 1.29 is 23.8 Å². The first-order chi connectivity index (χ1) is 27.9. The van der Waals surface area contributed by atoms with Gasteiger partial charge in [-0.1, -0.05) is 122 Å². The van der Waals surface area contributed by atoms with Crippen molar-refractivity contribution in [1.82, 2.24) is 4.90 Å². The summed E-state index contributed by atoms with van der Waals surface area (Å²) in [7, 11) is 3.94. The van der Waals surface area contributed by atoms with Gasteiger partial charge in [0, 0.05) is 19.6 Å². The fourth-order valence-corrected chi connectivity index (χ4v) is 12.0. The van der Waals surface area contributed by atoms with Gasteiger partial charge in [-0.25, -0.2) is 0 Å². The van der Waals surface area contributed by atoms with Crippen molar-refractivity contribution in [2.45, 2.75) is 201 Å². The van der Waals surface area contributed by atoms with Gasteiger partial charge in [0.2, 0.25) is 0 Å². The van der Waals surface area contributed by atoms with E-state index in [0.29, 0.717) is 25.2 Å². The van der Waals surface area contributed by atoms with Crippen LogP contribution in [0, 0.1) is 46.3 Å². The molecule has 6 nitrogen and oxygen atoms in total. The quantitative estimate of drug-likeness (QED) is 0.0468. The van der Waals surface area contributed by atoms with Gasteiger partial charge >= 0.3 is 11.9 Å². The van der Waals surface area contributed by atoms with Gasteiger partial charge in [-0.3, -0.25) is 9.59 Å². The Morgan fingerprint density at radius 3 is 2.28 bits per heavy atom. The molecule has 4 rings (SSSR count). The van der Waals surface area contributed by atoms with E-state index in [2.05, 4.69) is 71.9 Å². The van der Waals surface area contributed by atoms with E-state index in [0.717, 1.165) is 80.5 Å². The molecule has 0 bridgehead atoms. The predicted molar refractivity (Wildman–Crippen MR) is 242 cm³/mol. The van der Waals surface area contributed by atoms with E-state index in [9.17, 15) is 9.59 Å². The van der Waals surface area contributed by atoms with Crippen LogP contribution in [0.2, 0.25) is 0 Å². The highest BCUT2D eigenvalue weighted by Crippen LogP contribution is 2.67. The van der Waals surface area contributed by atoms with E-state index >= 15 is 0 Å². The van der Waals surface area contributed by atoms with E-state index in [-0.39, 0.29) is 42.4 Å². The van der Waals surface area contributed by atoms with Crippen molar-refractivity contribution >= 4 is 11.9 Å². The second-order valence-corrected chi connectivity index (χ2v) is 20.5. The number of fused-ring (bicyclic) bond motifs is 5. The molecular formula is C52H89NO5. The number of rotatable bonds is 27. The number of allylic oxidation sites excluding steroid dienone is 5. The third kappa shape index (κ3) is 14.9. The molecule has 0 aromatic rings. The number of unbranched alkanes of at least 4 members (excludes halogenated alkanes) is 7. The highest BCUT2D eigenvalue weighted by atomic mass is 16.6. The van der Waals surface area contributed by atoms with Crippen LogP contribution >= 0.6 is 0 Å². The number of carbonyl (C=O) groups is 2. The van der Waals surface area contributed by atoms with Crippen LogP contribution in [0.5, 0.6) is 0 Å². The van der Waals surface area contributed by atoms with Gasteiger partial charge in [0.15, 0.2) is 0 Å². The zero-order valence-corrected chi connectivity index (χ0v) is 38.9. The van der Waals surface area contributed by atoms with E-state index in [4.69, 9.17) is 14.2 Å². The number of likely N-dealkylation sites (N-methyl/N-ethyl adjacent to an activating group) is 1. The van der Waals surface area contributed by atoms with Gasteiger partial charge in [0.1, 0.15) is 12.2 Å². The monoisotopic (exact) mass is 808 g/mol. The van der Waals surface area contributed by atoms with E-state index in [1.54, 1.807) is 0 Å². The molecule has 6 heteroatoms. The van der Waals surface area contributed by atoms with Crippen molar-refractivity contribution in [3.8, 4) is 0 Å². The van der Waals surface area contributed by atoms with Crippen LogP contribution < -0.4 is 0 Å². The summed E-state index contributed by atoms with van der Waals surface area (Å²) >= 11 is 0. The van der Waals surface area contributed by atoms with Gasteiger partial charge in [-0.15, -0.1) is 0 Å². The average Bonchev–Trinajstić information content (AvgIpc) is 3.54. The molecule has 9 atom stereocenters. The zero-order chi connectivity index (χ0) is 42.0. The number of carbonyl (C=O) groups excluding carboxylic acids is 2. The number of hydrogen-bond donors (Lipinski definition) is 0. The molecule has 0 aromatic carbocycles. The minimum Gasteiger partial charge on any atom is -0.462 e. The van der Waals surface area contributed by atoms with Crippen molar-refractivity contribution in [2.75, 3.05) is 33.9 Å². The van der Waals surface area contributed by atoms with E-state index < -0.39 is 0 Å². The maximum atomic E-state index is 13.0. The fraction of sp³-hybridized carbons (Fsp3) is 0.846. The van der Waals surface area contributed by atoms with Crippen molar-refractivity contribution in [1.29, 1.82) is 0 Å². The molecule has 4 aliphatic rings. The summed E-state index contributed by atoms with van der Waals surface area (Å²) in [4.78, 5) is 27.9. The van der Waals surface area contributed by atoms with Crippen molar-refractivity contribution in [2.24, 2.45) is 46.3 Å². The second-order valence-electron chi connectivity index (χ2n) is 20.5. The summed E-state index contributed by atoms with van der Waals surface area (Å²) in [6.45, 7) is 16.4. The smallest absolute Gasteiger partial charge is 0.306 e. The van der Waals surface area contributed by atoms with Crippen LogP contribution in [0.3, 0.4) is 0 Å². The molecule has 58 heavy (non-hydrogen) atoms. The molecule has 3 saturated carbocycles. The number of nitrogens with zero attached hydrogens (tertiary/aromatic N) is 1. The Bertz CT molecular complexity index is 1300. The Hall–Kier alpha value is -1.92. The molecule has 0 N–H and O–H groups in total. The van der Waals surface area contributed by atoms with Gasteiger partial charge in [-0.2, -0.15) is 0 Å². The Balaban J connectivity index is 1.12. The van der Waals surface area contributed by atoms with Gasteiger partial charge < -0.3 is 19.1 Å². The molecule has 3 fully saturated rings. The van der Waals surface area contributed by atoms with Crippen LogP contribution in [-0.2, 0) is 23.8 Å². The lowest BCUT2D eigenvalue weighted by Gasteiger charge is -2.58. The maximum absolute atomic E-state index is 13.0. The maximum Gasteiger partial charge on any atom is 0.306 e. The third-order valence-electron chi connectivity index (χ3n) is 15.3. The van der Waals surface area contributed by atoms with E-state index in [1.807, 2.05) is 19.0 Å². The molecule has 0 spiro atoms. The summed E-state index contributed by atoms with van der Waals surface area (Å²) < 4.78 is 17.8. The predicted octanol–water partition coefficient (Wildman–Crippen LogP) is 13.2. The molecule has 332 valence electrons. The lowest BCUT2D eigenvalue weighted by atomic mass is 9.47. The van der Waals surface area contributed by atoms with Gasteiger partial charge in [0.05, 0.1) is 19.4 Å². The van der Waals surface area contributed by atoms with Crippen molar-refractivity contribution in [3.63, 3.8) is 0 Å². The normalized spacial score (nSPS) is 29.3. The van der Waals surface area contributed by atoms with Gasteiger partial charge in [0.25, 0.3) is 0 Å². The largest absolute Gasteiger partial charge is 0.462 e. The summed E-state index contributed by atoms with van der Waals surface area (Å²) in [5, 5.41) is 0. The minimum atomic E-state index is -0.354. The first-order valence-corrected chi connectivity index (χ1v) is 24.5. The minimum absolute atomic E-state index is 0.0425. The van der Waals surface area contributed by atoms with Crippen LogP contribution in [0.25, 0.3) is 0 Å². The van der Waals surface area contributed by atoms with Crippen LogP contribution in [0.15, 0.2) is 36.0 Å². The Morgan fingerprint density at radius 1 is 0.828 bits per heavy atom. The highest BCUT2D eigenvalue weighted by Gasteiger charge is 2.59. The van der Waals surface area contributed by atoms with Gasteiger partial charge in [-0.05, 0) is 144 Å². The molecule has 0 saturated heterocycles. The lowest BCUT2D eigenvalue weighted by molar-refractivity contribution is -0.159. The lowest BCUT2D eigenvalue weighted by Crippen LogP contribution is -2.51. The molecular weight excluding hydrogens is 719 g/mol. The summed E-state index contributed by atoms with van der Waals surface area (Å²) in [6.07, 6.45) is 37.1. The van der Waals surface area contributed by atoms with Crippen molar-refractivity contribution in [3.05, 3.63) is 36.0 Å². The summed E-state index contributed by atoms with van der Waals surface area (Å²) in [6, 6.07) is 0. The zero-order valence-electron chi connectivity index (χ0n) is 38.9. The fourth-order valence-electron chi connectivity index (χ4n) is 12.0. The SMILES string of the molecule is CCCCC/C=C\C/C=C\CCCCCCOCC(CN(C)C)OC(=O)CCC(=O)O[C@H]1CC[C@@]2(C)C(=CCC3C2CC[C@@]2(C)C3CC[C@@H]2[C@H](C)CCCC(C)C)C1. The molecule has 4 unspecified atom stereocenters. The Labute approximate surface area is 357 Å². The second kappa shape index (κ2) is 25.1. The average molecular weight is 808 g/mol. The standard InChI is InChI=1S/C52H89NO5/c1-9-10-11-12-13-14-15-16-17-18-19-20-21-22-36-56-39-44(38-53(7)8)58-50(55)31-30-49(54)57-43-32-34-51(5)42(37-43)26-27-45-47-29-28-46(41(4)25-23-24-40(2)3)52(47,6)35-33-48(45)51/h13-14,16-17,26,40-41,43-48H,9-12,15,18-25,27-39H2,1-8H3/b14-13-,17-16-/t41-,43+,44?,45?,46-,47?,48?,51+,52-/m1/s1. The Kier molecular flexibility index (Phi) is 21.1. The summed E-state index contributed by atoms with van der Waals surface area (Å²) in [5.41, 5.74) is 2.26. The number of esters is 2. The Morgan fingerprint density at radius 2 is 1.55 bits per heavy atom. The number of ether oxygens (including phenoxy) is 3. The number of hydrogen-bond acceptors (Lipinski definition) is 6. The van der Waals surface area contributed by atoms with Crippen LogP contribution in [-0.4, -0.2) is 62.9 Å². The third-order valence-corrected chi connectivity index (χ3v) is 15.3. The molecule has 0 heterocycles. The molecule has 0 aromatic heterocycles. The van der Waals surface area contributed by atoms with Crippen LogP contribution in [0.4, 0.5) is 0 Å². The molecule has 4 aliphatic carbocycles. The van der Waals surface area contributed by atoms with E-state index in [1.165, 1.54) is 95.5 Å². The molecule has 0 amide bonds. The first-order valence-electron chi connectivity index (χ1n) is 24.5. The molecule has 0 radical (unpaired) electrons. The first kappa shape index (κ1) is 48.7. The topological polar surface area (TPSA) is 65.1 Å². The summed E-state index contributed by atoms with van der Waals surface area (Å²) in [5.74, 6) is 4.29. The highest BCUT2D eigenvalue weighted by molar-refractivity contribution is 5.77. The molecule has 0 aliphatic heterocycles.